The second kappa shape index (κ2) is 7.89. The van der Waals surface area contributed by atoms with E-state index in [9.17, 15) is 13.2 Å². The Kier molecular flexibility index (Phi) is 5.53. The molecule has 0 aromatic heterocycles. The summed E-state index contributed by atoms with van der Waals surface area (Å²) in [6.45, 7) is 3.08. The van der Waals surface area contributed by atoms with Gasteiger partial charge in [-0.1, -0.05) is 18.6 Å². The lowest BCUT2D eigenvalue weighted by molar-refractivity contribution is -0.133. The van der Waals surface area contributed by atoms with Crippen LogP contribution in [-0.4, -0.2) is 61.8 Å². The summed E-state index contributed by atoms with van der Waals surface area (Å²) in [7, 11) is -3.41. The van der Waals surface area contributed by atoms with Crippen molar-refractivity contribution in [3.8, 4) is 0 Å². The van der Waals surface area contributed by atoms with Crippen LogP contribution in [0.5, 0.6) is 0 Å². The number of nitrogens with one attached hydrogen (secondary N) is 1. The monoisotopic (exact) mass is 391 g/mol. The molecule has 27 heavy (non-hydrogen) atoms. The maximum atomic E-state index is 12.9. The first kappa shape index (κ1) is 18.9. The summed E-state index contributed by atoms with van der Waals surface area (Å²) in [5, 5.41) is 3.42. The molecular formula is C20H29N3O3S. The summed E-state index contributed by atoms with van der Waals surface area (Å²) in [5.74, 6) is 0.165. The van der Waals surface area contributed by atoms with Crippen molar-refractivity contribution in [1.29, 1.82) is 0 Å². The van der Waals surface area contributed by atoms with E-state index in [-0.39, 0.29) is 5.91 Å². The highest BCUT2D eigenvalue weighted by Gasteiger charge is 2.37. The van der Waals surface area contributed by atoms with Crippen LogP contribution in [0.15, 0.2) is 29.2 Å². The number of carbonyl (C=O) groups excluding carboxylic acids is 1. The molecule has 2 unspecified atom stereocenters. The Morgan fingerprint density at radius 3 is 2.44 bits per heavy atom. The zero-order valence-electron chi connectivity index (χ0n) is 15.8. The molecule has 0 saturated carbocycles. The number of hydrogen-bond donors (Lipinski definition) is 1. The van der Waals surface area contributed by atoms with Crippen molar-refractivity contribution in [2.45, 2.75) is 61.9 Å². The number of rotatable bonds is 4. The van der Waals surface area contributed by atoms with E-state index in [1.165, 1.54) is 0 Å². The molecule has 3 aliphatic heterocycles. The number of hydrogen-bond acceptors (Lipinski definition) is 4. The molecule has 148 valence electrons. The van der Waals surface area contributed by atoms with Crippen LogP contribution in [0.1, 0.15) is 44.1 Å². The standard InChI is InChI=1S/C20H29N3O3S/c24-20(23-17-6-7-18(23)15-21-11-10-17)14-16-4-8-19(9-5-16)27(25,26)22-12-2-1-3-13-22/h4-5,8-9,17-18,21H,1-3,6-7,10-15H2. The second-order valence-corrected chi connectivity index (χ2v) is 9.90. The van der Waals surface area contributed by atoms with Gasteiger partial charge in [-0.3, -0.25) is 4.79 Å². The van der Waals surface area contributed by atoms with E-state index in [2.05, 4.69) is 10.2 Å². The maximum Gasteiger partial charge on any atom is 0.243 e. The lowest BCUT2D eigenvalue weighted by Gasteiger charge is -2.28. The van der Waals surface area contributed by atoms with E-state index >= 15 is 0 Å². The molecule has 7 heteroatoms. The highest BCUT2D eigenvalue weighted by molar-refractivity contribution is 7.89. The third kappa shape index (κ3) is 3.91. The summed E-state index contributed by atoms with van der Waals surface area (Å²) >= 11 is 0. The molecule has 3 saturated heterocycles. The fourth-order valence-electron chi connectivity index (χ4n) is 4.69. The van der Waals surface area contributed by atoms with Crippen LogP contribution < -0.4 is 5.32 Å². The number of piperidine rings is 1. The molecule has 0 spiro atoms. The molecule has 6 nitrogen and oxygen atoms in total. The summed E-state index contributed by atoms with van der Waals surface area (Å²) in [4.78, 5) is 15.3. The second-order valence-electron chi connectivity index (χ2n) is 7.96. The predicted octanol–water partition coefficient (Wildman–Crippen LogP) is 1.76. The molecule has 1 amide bonds. The first-order valence-corrected chi connectivity index (χ1v) is 11.6. The molecule has 2 atom stereocenters. The predicted molar refractivity (Wildman–Crippen MR) is 104 cm³/mol. The molecule has 1 N–H and O–H groups in total. The molecule has 3 heterocycles. The molecule has 4 rings (SSSR count). The highest BCUT2D eigenvalue weighted by Crippen LogP contribution is 2.29. The van der Waals surface area contributed by atoms with E-state index in [0.29, 0.717) is 36.5 Å². The minimum atomic E-state index is -3.41. The van der Waals surface area contributed by atoms with Crippen LogP contribution in [0.4, 0.5) is 0 Å². The lowest BCUT2D eigenvalue weighted by atomic mass is 10.1. The smallest absolute Gasteiger partial charge is 0.243 e. The Morgan fingerprint density at radius 1 is 1.00 bits per heavy atom. The van der Waals surface area contributed by atoms with E-state index in [1.807, 2.05) is 0 Å². The minimum Gasteiger partial charge on any atom is -0.335 e. The lowest BCUT2D eigenvalue weighted by Crippen LogP contribution is -2.43. The van der Waals surface area contributed by atoms with Crippen molar-refractivity contribution in [2.75, 3.05) is 26.2 Å². The number of fused-ring (bicyclic) bond motifs is 2. The van der Waals surface area contributed by atoms with Gasteiger partial charge in [0.15, 0.2) is 0 Å². The largest absolute Gasteiger partial charge is 0.335 e. The van der Waals surface area contributed by atoms with Gasteiger partial charge in [-0.2, -0.15) is 4.31 Å². The summed E-state index contributed by atoms with van der Waals surface area (Å²) in [6, 6.07) is 7.58. The molecule has 0 radical (unpaired) electrons. The van der Waals surface area contributed by atoms with Gasteiger partial charge in [0.2, 0.25) is 15.9 Å². The van der Waals surface area contributed by atoms with Crippen LogP contribution in [-0.2, 0) is 21.2 Å². The number of sulfonamides is 1. The molecule has 3 fully saturated rings. The normalized spacial score (nSPS) is 26.7. The van der Waals surface area contributed by atoms with Gasteiger partial charge >= 0.3 is 0 Å². The van der Waals surface area contributed by atoms with Gasteiger partial charge < -0.3 is 10.2 Å². The van der Waals surface area contributed by atoms with Crippen molar-refractivity contribution in [1.82, 2.24) is 14.5 Å². The zero-order valence-corrected chi connectivity index (χ0v) is 16.6. The Labute approximate surface area is 162 Å². The number of carbonyl (C=O) groups is 1. The molecule has 2 bridgehead atoms. The van der Waals surface area contributed by atoms with Crippen molar-refractivity contribution < 1.29 is 13.2 Å². The third-order valence-electron chi connectivity index (χ3n) is 6.17. The van der Waals surface area contributed by atoms with Crippen molar-refractivity contribution in [3.05, 3.63) is 29.8 Å². The number of amides is 1. The van der Waals surface area contributed by atoms with E-state index in [4.69, 9.17) is 0 Å². The van der Waals surface area contributed by atoms with Crippen molar-refractivity contribution in [3.63, 3.8) is 0 Å². The van der Waals surface area contributed by atoms with Gasteiger partial charge in [-0.25, -0.2) is 8.42 Å². The summed E-state index contributed by atoms with van der Waals surface area (Å²) < 4.78 is 27.1. The Balaban J connectivity index is 1.44. The van der Waals surface area contributed by atoms with Crippen LogP contribution in [0.25, 0.3) is 0 Å². The van der Waals surface area contributed by atoms with Crippen LogP contribution in [0, 0.1) is 0 Å². The topological polar surface area (TPSA) is 69.7 Å². The Bertz CT molecular complexity index is 758. The van der Waals surface area contributed by atoms with Gasteiger partial charge in [0.25, 0.3) is 0 Å². The maximum absolute atomic E-state index is 12.9. The molecule has 0 aliphatic carbocycles. The Morgan fingerprint density at radius 2 is 1.70 bits per heavy atom. The molecular weight excluding hydrogens is 362 g/mol. The summed E-state index contributed by atoms with van der Waals surface area (Å²) in [5.41, 5.74) is 0.884. The SMILES string of the molecule is O=C(Cc1ccc(S(=O)(=O)N2CCCCC2)cc1)N1C2CCNCC1CC2. The van der Waals surface area contributed by atoms with Crippen LogP contribution >= 0.6 is 0 Å². The highest BCUT2D eigenvalue weighted by atomic mass is 32.2. The van der Waals surface area contributed by atoms with Gasteiger partial charge in [0.1, 0.15) is 0 Å². The van der Waals surface area contributed by atoms with Crippen molar-refractivity contribution in [2.24, 2.45) is 0 Å². The average Bonchev–Trinajstić information content (AvgIpc) is 2.95. The number of benzene rings is 1. The van der Waals surface area contributed by atoms with Gasteiger partial charge in [0, 0.05) is 31.7 Å². The van der Waals surface area contributed by atoms with Crippen LogP contribution in [0.3, 0.4) is 0 Å². The third-order valence-corrected chi connectivity index (χ3v) is 8.09. The molecule has 1 aromatic carbocycles. The van der Waals surface area contributed by atoms with Gasteiger partial charge in [0.05, 0.1) is 11.3 Å². The fraction of sp³-hybridized carbons (Fsp3) is 0.650. The zero-order chi connectivity index (χ0) is 18.9. The average molecular weight is 392 g/mol. The summed E-state index contributed by atoms with van der Waals surface area (Å²) in [6.07, 6.45) is 6.51. The molecule has 3 aliphatic rings. The van der Waals surface area contributed by atoms with Gasteiger partial charge in [-0.15, -0.1) is 0 Å². The number of nitrogens with zero attached hydrogens (tertiary/aromatic N) is 2. The molecule has 1 aromatic rings. The van der Waals surface area contributed by atoms with E-state index in [0.717, 1.165) is 57.2 Å². The van der Waals surface area contributed by atoms with Gasteiger partial charge in [-0.05, 0) is 56.3 Å². The quantitative estimate of drug-likeness (QED) is 0.849. The van der Waals surface area contributed by atoms with Crippen LogP contribution in [0.2, 0.25) is 0 Å². The fourth-order valence-corrected chi connectivity index (χ4v) is 6.21. The first-order valence-electron chi connectivity index (χ1n) is 10.2. The van der Waals surface area contributed by atoms with E-state index in [1.54, 1.807) is 28.6 Å². The Hall–Kier alpha value is -1.44. The first-order chi connectivity index (χ1) is 13.1. The van der Waals surface area contributed by atoms with E-state index < -0.39 is 10.0 Å². The van der Waals surface area contributed by atoms with Crippen molar-refractivity contribution >= 4 is 15.9 Å². The minimum absolute atomic E-state index is 0.165.